The highest BCUT2D eigenvalue weighted by Gasteiger charge is 2.28. The number of benzene rings is 1. The zero-order valence-corrected chi connectivity index (χ0v) is 14.6. The number of nitrogens with zero attached hydrogens (tertiary/aromatic N) is 1. The lowest BCUT2D eigenvalue weighted by molar-refractivity contribution is 0.0658. The number of hydrogen-bond acceptors (Lipinski definition) is 4. The molecule has 1 saturated heterocycles. The van der Waals surface area contributed by atoms with E-state index in [9.17, 15) is 9.59 Å². The van der Waals surface area contributed by atoms with Crippen molar-refractivity contribution >= 4 is 23.0 Å². The molecule has 0 radical (unpaired) electrons. The highest BCUT2D eigenvalue weighted by atomic mass is 32.1. The van der Waals surface area contributed by atoms with E-state index in [1.165, 1.54) is 11.3 Å². The van der Waals surface area contributed by atoms with Crippen molar-refractivity contribution in [2.24, 2.45) is 11.7 Å². The minimum absolute atomic E-state index is 0.0687. The molecule has 2 heterocycles. The molecule has 1 aromatic heterocycles. The van der Waals surface area contributed by atoms with Crippen LogP contribution in [-0.2, 0) is 0 Å². The monoisotopic (exact) mass is 342 g/mol. The Balaban J connectivity index is 1.87. The molecule has 2 N–H and O–H groups in total. The summed E-state index contributed by atoms with van der Waals surface area (Å²) in [5, 5.41) is 1.87. The van der Waals surface area contributed by atoms with Gasteiger partial charge in [-0.3, -0.25) is 9.59 Å². The SMILES string of the molecule is CC(N)C1CCCN(C(=O)c2ccccc2C(=O)c2cccs2)C1. The van der Waals surface area contributed by atoms with Crippen molar-refractivity contribution in [1.29, 1.82) is 0 Å². The maximum Gasteiger partial charge on any atom is 0.254 e. The molecular weight excluding hydrogens is 320 g/mol. The maximum absolute atomic E-state index is 13.0. The molecule has 1 aromatic carbocycles. The molecule has 4 nitrogen and oxygen atoms in total. The number of ketones is 1. The molecule has 1 aliphatic rings. The standard InChI is InChI=1S/C19H22N2O2S/c1-13(20)14-6-4-10-21(12-14)19(23)16-8-3-2-7-15(16)18(22)17-9-5-11-24-17/h2-3,5,7-9,11,13-14H,4,6,10,12,20H2,1H3. The Bertz CT molecular complexity index is 725. The highest BCUT2D eigenvalue weighted by Crippen LogP contribution is 2.23. The van der Waals surface area contributed by atoms with Gasteiger partial charge in [0.05, 0.1) is 10.4 Å². The van der Waals surface area contributed by atoms with Crippen LogP contribution < -0.4 is 5.73 Å². The number of nitrogens with two attached hydrogens (primary N) is 1. The molecule has 0 aliphatic carbocycles. The highest BCUT2D eigenvalue weighted by molar-refractivity contribution is 7.12. The van der Waals surface area contributed by atoms with Crippen molar-refractivity contribution in [3.05, 3.63) is 57.8 Å². The number of rotatable bonds is 4. The number of piperidine rings is 1. The van der Waals surface area contributed by atoms with Gasteiger partial charge in [-0.1, -0.05) is 24.3 Å². The number of thiophene rings is 1. The third kappa shape index (κ3) is 3.42. The van der Waals surface area contributed by atoms with Gasteiger partial charge in [-0.2, -0.15) is 0 Å². The summed E-state index contributed by atoms with van der Waals surface area (Å²) >= 11 is 1.40. The Morgan fingerprint density at radius 1 is 1.21 bits per heavy atom. The van der Waals surface area contributed by atoms with Crippen molar-refractivity contribution in [2.75, 3.05) is 13.1 Å². The van der Waals surface area contributed by atoms with Crippen LogP contribution in [0.3, 0.4) is 0 Å². The Labute approximate surface area is 146 Å². The molecule has 0 saturated carbocycles. The first-order valence-electron chi connectivity index (χ1n) is 8.30. The second kappa shape index (κ2) is 7.28. The van der Waals surface area contributed by atoms with E-state index < -0.39 is 0 Å². The fraction of sp³-hybridized carbons (Fsp3) is 0.368. The van der Waals surface area contributed by atoms with Crippen molar-refractivity contribution < 1.29 is 9.59 Å². The molecule has 1 aliphatic heterocycles. The Kier molecular flexibility index (Phi) is 5.11. The molecule has 126 valence electrons. The van der Waals surface area contributed by atoms with Crippen molar-refractivity contribution in [2.45, 2.75) is 25.8 Å². The second-order valence-electron chi connectivity index (χ2n) is 6.36. The van der Waals surface area contributed by atoms with E-state index in [2.05, 4.69) is 0 Å². The Hall–Kier alpha value is -1.98. The third-order valence-corrected chi connectivity index (χ3v) is 5.50. The lowest BCUT2D eigenvalue weighted by Crippen LogP contribution is -2.45. The Morgan fingerprint density at radius 3 is 2.62 bits per heavy atom. The lowest BCUT2D eigenvalue weighted by Gasteiger charge is -2.35. The molecule has 2 atom stereocenters. The number of carbonyl (C=O) groups is 2. The summed E-state index contributed by atoms with van der Waals surface area (Å²) in [7, 11) is 0. The van der Waals surface area contributed by atoms with E-state index in [0.717, 1.165) is 19.4 Å². The van der Waals surface area contributed by atoms with Crippen LogP contribution in [-0.4, -0.2) is 35.7 Å². The van der Waals surface area contributed by atoms with Crippen LogP contribution in [0, 0.1) is 5.92 Å². The molecule has 2 unspecified atom stereocenters. The molecule has 0 spiro atoms. The van der Waals surface area contributed by atoms with Gasteiger partial charge in [0.2, 0.25) is 5.78 Å². The van der Waals surface area contributed by atoms with E-state index >= 15 is 0 Å². The van der Waals surface area contributed by atoms with Crippen LogP contribution in [0.25, 0.3) is 0 Å². The quantitative estimate of drug-likeness (QED) is 0.868. The summed E-state index contributed by atoms with van der Waals surface area (Å²) in [6, 6.07) is 10.8. The zero-order valence-electron chi connectivity index (χ0n) is 13.8. The van der Waals surface area contributed by atoms with Crippen molar-refractivity contribution in [3.63, 3.8) is 0 Å². The first kappa shape index (κ1) is 16.9. The van der Waals surface area contributed by atoms with E-state index in [1.807, 2.05) is 29.3 Å². The molecule has 24 heavy (non-hydrogen) atoms. The third-order valence-electron chi connectivity index (χ3n) is 4.64. The minimum Gasteiger partial charge on any atom is -0.338 e. The van der Waals surface area contributed by atoms with Gasteiger partial charge in [0.1, 0.15) is 0 Å². The second-order valence-corrected chi connectivity index (χ2v) is 7.31. The fourth-order valence-electron chi connectivity index (χ4n) is 3.20. The van der Waals surface area contributed by atoms with Gasteiger partial charge in [0.15, 0.2) is 0 Å². The van der Waals surface area contributed by atoms with Crippen LogP contribution in [0.1, 0.15) is 45.4 Å². The molecule has 2 aromatic rings. The Morgan fingerprint density at radius 2 is 1.96 bits per heavy atom. The van der Waals surface area contributed by atoms with Crippen LogP contribution in [0.5, 0.6) is 0 Å². The smallest absolute Gasteiger partial charge is 0.254 e. The minimum atomic E-state index is -0.0882. The van der Waals surface area contributed by atoms with Crippen LogP contribution in [0.2, 0.25) is 0 Å². The number of amides is 1. The number of carbonyl (C=O) groups excluding carboxylic acids is 2. The number of likely N-dealkylation sites (tertiary alicyclic amines) is 1. The van der Waals surface area contributed by atoms with Gasteiger partial charge >= 0.3 is 0 Å². The average molecular weight is 342 g/mol. The van der Waals surface area contributed by atoms with E-state index in [4.69, 9.17) is 5.73 Å². The summed E-state index contributed by atoms with van der Waals surface area (Å²) in [6.45, 7) is 3.38. The average Bonchev–Trinajstić information content (AvgIpc) is 3.15. The van der Waals surface area contributed by atoms with Gasteiger partial charge < -0.3 is 10.6 Å². The zero-order chi connectivity index (χ0) is 17.1. The molecule has 1 fully saturated rings. The van der Waals surface area contributed by atoms with Crippen LogP contribution in [0.15, 0.2) is 41.8 Å². The summed E-state index contributed by atoms with van der Waals surface area (Å²) < 4.78 is 0. The summed E-state index contributed by atoms with van der Waals surface area (Å²) in [4.78, 5) is 28.2. The predicted molar refractivity (Wildman–Crippen MR) is 96.5 cm³/mol. The summed E-state index contributed by atoms with van der Waals surface area (Å²) in [5.41, 5.74) is 6.99. The van der Waals surface area contributed by atoms with Crippen LogP contribution in [0.4, 0.5) is 0 Å². The van der Waals surface area contributed by atoms with Crippen molar-refractivity contribution in [3.8, 4) is 0 Å². The molecule has 5 heteroatoms. The predicted octanol–water partition coefficient (Wildman–Crippen LogP) is 3.18. The normalized spacial score (nSPS) is 19.1. The van der Waals surface area contributed by atoms with E-state index in [1.54, 1.807) is 24.3 Å². The molecule has 0 bridgehead atoms. The fourth-order valence-corrected chi connectivity index (χ4v) is 3.88. The summed E-state index contributed by atoms with van der Waals surface area (Å²) in [6.07, 6.45) is 2.01. The van der Waals surface area contributed by atoms with Crippen molar-refractivity contribution in [1.82, 2.24) is 4.90 Å². The molecular formula is C19H22N2O2S. The number of hydrogen-bond donors (Lipinski definition) is 1. The van der Waals surface area contributed by atoms with Gasteiger partial charge in [0.25, 0.3) is 5.91 Å². The van der Waals surface area contributed by atoms with Gasteiger partial charge in [-0.25, -0.2) is 0 Å². The van der Waals surface area contributed by atoms with E-state index in [-0.39, 0.29) is 17.7 Å². The topological polar surface area (TPSA) is 63.4 Å². The van der Waals surface area contributed by atoms with Crippen LogP contribution >= 0.6 is 11.3 Å². The molecule has 1 amide bonds. The first-order valence-corrected chi connectivity index (χ1v) is 9.18. The maximum atomic E-state index is 13.0. The van der Waals surface area contributed by atoms with Gasteiger partial charge in [-0.15, -0.1) is 11.3 Å². The van der Waals surface area contributed by atoms with E-state index in [0.29, 0.717) is 28.5 Å². The first-order chi connectivity index (χ1) is 11.6. The largest absolute Gasteiger partial charge is 0.338 e. The van der Waals surface area contributed by atoms with Gasteiger partial charge in [-0.05, 0) is 43.2 Å². The molecule has 3 rings (SSSR count). The lowest BCUT2D eigenvalue weighted by atomic mass is 9.91. The van der Waals surface area contributed by atoms with Gasteiger partial charge in [0, 0.05) is 24.7 Å². The summed E-state index contributed by atoms with van der Waals surface area (Å²) in [5.74, 6) is 0.165.